The number of allylic oxidation sites excluding steroid dienone is 5. The second-order valence-corrected chi connectivity index (χ2v) is 16.3. The van der Waals surface area contributed by atoms with Gasteiger partial charge in [-0.1, -0.05) is 34.9 Å². The Bertz CT molecular complexity index is 903. The largest absolute Gasteiger partial charge is 0.379 e. The Morgan fingerprint density at radius 2 is 1.57 bits per heavy atom. The van der Waals surface area contributed by atoms with Crippen LogP contribution in [0.2, 0.25) is 0 Å². The van der Waals surface area contributed by atoms with Crippen LogP contribution in [0.15, 0.2) is 34.9 Å². The van der Waals surface area contributed by atoms with Crippen molar-refractivity contribution in [2.24, 2.45) is 0 Å². The van der Waals surface area contributed by atoms with Crippen LogP contribution in [0.3, 0.4) is 0 Å². The quantitative estimate of drug-likeness (QED) is 0.159. The highest BCUT2D eigenvalue weighted by Crippen LogP contribution is 2.51. The molecule has 2 aliphatic heterocycles. The molecule has 2 saturated heterocycles. The van der Waals surface area contributed by atoms with Crippen LogP contribution in [-0.2, 0) is 14.0 Å². The number of hydrogen-bond donors (Lipinski definition) is 0. The minimum Gasteiger partial charge on any atom is -0.379 e. The minimum absolute atomic E-state index is 0.00680. The summed E-state index contributed by atoms with van der Waals surface area (Å²) >= 11 is 0. The van der Waals surface area contributed by atoms with Crippen LogP contribution in [0.25, 0.3) is 0 Å². The third-order valence-electron chi connectivity index (χ3n) is 8.07. The SMILES string of the molecule is BC1CN(C(C)(C)C)CC(COCP(=O)(N(C)C)N2CCN(C/C=C(\C)CC/C=C(\C)CCC=C(C)C)CC2)O1. The van der Waals surface area contributed by atoms with Crippen LogP contribution < -0.4 is 0 Å². The number of morpholine rings is 1. The summed E-state index contributed by atoms with van der Waals surface area (Å²) in [7, 11) is 3.18. The monoisotopic (exact) mass is 578 g/mol. The molecule has 3 atom stereocenters. The molecule has 0 aromatic rings. The van der Waals surface area contributed by atoms with Crippen LogP contribution >= 0.6 is 7.44 Å². The molecule has 0 spiro atoms. The van der Waals surface area contributed by atoms with Crippen LogP contribution in [0.4, 0.5) is 0 Å². The Kier molecular flexibility index (Phi) is 14.9. The molecule has 0 aromatic heterocycles. The van der Waals surface area contributed by atoms with Gasteiger partial charge in [-0.25, -0.2) is 9.34 Å². The lowest BCUT2D eigenvalue weighted by Gasteiger charge is -2.44. The zero-order valence-electron chi connectivity index (χ0n) is 27.5. The average Bonchev–Trinajstić information content (AvgIpc) is 2.86. The normalized spacial score (nSPS) is 24.4. The topological polar surface area (TPSA) is 48.5 Å². The summed E-state index contributed by atoms with van der Waals surface area (Å²) in [5, 5.41) is 0. The average molecular weight is 579 g/mol. The van der Waals surface area contributed by atoms with E-state index in [-0.39, 0.29) is 24.0 Å². The van der Waals surface area contributed by atoms with E-state index < -0.39 is 7.44 Å². The number of nitrogens with zero attached hydrogens (tertiary/aromatic N) is 4. The predicted octanol–water partition coefficient (Wildman–Crippen LogP) is 5.21. The Hall–Kier alpha value is -0.725. The number of piperazine rings is 1. The molecule has 2 rings (SSSR count). The Morgan fingerprint density at radius 1 is 0.975 bits per heavy atom. The zero-order valence-corrected chi connectivity index (χ0v) is 28.4. The summed E-state index contributed by atoms with van der Waals surface area (Å²) in [5.74, 6) is 0. The lowest BCUT2D eigenvalue weighted by atomic mass is 9.94. The molecule has 2 fully saturated rings. The molecule has 0 bridgehead atoms. The van der Waals surface area contributed by atoms with Crippen molar-refractivity contribution in [2.75, 3.05) is 72.9 Å². The zero-order chi connectivity index (χ0) is 29.9. The fourth-order valence-corrected chi connectivity index (χ4v) is 7.34. The van der Waals surface area contributed by atoms with Crippen LogP contribution in [0.5, 0.6) is 0 Å². The van der Waals surface area contributed by atoms with Crippen molar-refractivity contribution in [3.05, 3.63) is 34.9 Å². The standard InChI is InChI=1S/C31H60BN4O3P/c1-26(2)12-10-13-27(3)14-11-15-28(4)16-17-34-18-20-36(21-19-34)40(37,33(8)9)25-38-24-29-22-35(31(5,6)7)23-30(32)39-29/h12,14,16,29-30H,10-11,13,15,17-25,32H2,1-9H3/b27-14+,28-16+. The van der Waals surface area contributed by atoms with Crippen molar-refractivity contribution in [1.29, 1.82) is 0 Å². The summed E-state index contributed by atoms with van der Waals surface area (Å²) < 4.78 is 30.4. The van der Waals surface area contributed by atoms with Gasteiger partial charge in [0.1, 0.15) is 14.2 Å². The van der Waals surface area contributed by atoms with E-state index in [0.29, 0.717) is 6.61 Å². The van der Waals surface area contributed by atoms with E-state index in [1.165, 1.54) is 16.7 Å². The second kappa shape index (κ2) is 16.8. The van der Waals surface area contributed by atoms with Crippen molar-refractivity contribution in [3.63, 3.8) is 0 Å². The van der Waals surface area contributed by atoms with Crippen molar-refractivity contribution < 1.29 is 14.0 Å². The maximum absolute atomic E-state index is 14.1. The first-order chi connectivity index (χ1) is 18.7. The van der Waals surface area contributed by atoms with Gasteiger partial charge in [0.05, 0.1) is 12.7 Å². The fraction of sp³-hybridized carbons (Fsp3) is 0.806. The highest BCUT2D eigenvalue weighted by Gasteiger charge is 2.37. The molecule has 9 heteroatoms. The maximum atomic E-state index is 14.1. The van der Waals surface area contributed by atoms with Gasteiger partial charge in [0, 0.05) is 57.4 Å². The van der Waals surface area contributed by atoms with E-state index in [4.69, 9.17) is 9.47 Å². The van der Waals surface area contributed by atoms with E-state index in [9.17, 15) is 4.57 Å². The maximum Gasteiger partial charge on any atom is 0.241 e. The van der Waals surface area contributed by atoms with E-state index in [2.05, 4.69) is 89.0 Å². The summed E-state index contributed by atoms with van der Waals surface area (Å²) in [6, 6.07) is 0.172. The molecule has 0 N–H and O–H groups in total. The molecule has 0 aliphatic carbocycles. The van der Waals surface area contributed by atoms with Crippen molar-refractivity contribution >= 4 is 15.3 Å². The Labute approximate surface area is 247 Å². The first-order valence-corrected chi connectivity index (χ1v) is 17.2. The number of ether oxygens (including phenoxy) is 2. The number of rotatable bonds is 14. The third-order valence-corrected chi connectivity index (χ3v) is 11.1. The van der Waals surface area contributed by atoms with Crippen molar-refractivity contribution in [3.8, 4) is 0 Å². The molecular formula is C31H60BN4O3P. The van der Waals surface area contributed by atoms with Crippen LogP contribution in [0, 0.1) is 0 Å². The minimum atomic E-state index is -2.78. The van der Waals surface area contributed by atoms with E-state index in [1.54, 1.807) is 0 Å². The van der Waals surface area contributed by atoms with Gasteiger partial charge in [-0.15, -0.1) is 0 Å². The summed E-state index contributed by atoms with van der Waals surface area (Å²) in [5.41, 5.74) is 4.44. The summed E-state index contributed by atoms with van der Waals surface area (Å²) in [6.07, 6.45) is 11.9. The fourth-order valence-electron chi connectivity index (χ4n) is 5.29. The van der Waals surface area contributed by atoms with Gasteiger partial charge < -0.3 is 9.47 Å². The van der Waals surface area contributed by atoms with Crippen LogP contribution in [0.1, 0.15) is 74.1 Å². The molecule has 3 unspecified atom stereocenters. The molecule has 0 saturated carbocycles. The smallest absolute Gasteiger partial charge is 0.241 e. The van der Waals surface area contributed by atoms with Crippen molar-refractivity contribution in [2.45, 2.75) is 91.8 Å². The molecule has 0 radical (unpaired) electrons. The van der Waals surface area contributed by atoms with Gasteiger partial charge in [0.25, 0.3) is 0 Å². The van der Waals surface area contributed by atoms with Gasteiger partial charge in [-0.05, 0) is 88.2 Å². The van der Waals surface area contributed by atoms with Gasteiger partial charge >= 0.3 is 0 Å². The highest BCUT2D eigenvalue weighted by atomic mass is 31.2. The lowest BCUT2D eigenvalue weighted by Crippen LogP contribution is -2.56. The van der Waals surface area contributed by atoms with Gasteiger partial charge in [0.2, 0.25) is 7.44 Å². The van der Waals surface area contributed by atoms with Crippen molar-refractivity contribution in [1.82, 2.24) is 19.1 Å². The summed E-state index contributed by atoms with van der Waals surface area (Å²) in [4.78, 5) is 4.93. The molecule has 0 amide bonds. The Balaban J connectivity index is 1.78. The van der Waals surface area contributed by atoms with Crippen LogP contribution in [-0.4, -0.2) is 117 Å². The second-order valence-electron chi connectivity index (χ2n) is 13.4. The molecular weight excluding hydrogens is 518 g/mol. The molecule has 40 heavy (non-hydrogen) atoms. The molecule has 7 nitrogen and oxygen atoms in total. The van der Waals surface area contributed by atoms with Gasteiger partial charge in [-0.2, -0.15) is 0 Å². The Morgan fingerprint density at radius 3 is 2.15 bits per heavy atom. The van der Waals surface area contributed by atoms with E-state index in [1.807, 2.05) is 18.8 Å². The first kappa shape index (κ1) is 35.5. The summed E-state index contributed by atoms with van der Waals surface area (Å²) in [6.45, 7) is 22.2. The highest BCUT2D eigenvalue weighted by molar-refractivity contribution is 7.58. The lowest BCUT2D eigenvalue weighted by molar-refractivity contribution is -0.101. The predicted molar refractivity (Wildman–Crippen MR) is 174 cm³/mol. The van der Waals surface area contributed by atoms with Gasteiger partial charge in [-0.3, -0.25) is 14.4 Å². The third kappa shape index (κ3) is 12.3. The first-order valence-electron chi connectivity index (χ1n) is 15.4. The van der Waals surface area contributed by atoms with E-state index in [0.717, 1.165) is 71.5 Å². The molecule has 2 aliphatic rings. The van der Waals surface area contributed by atoms with E-state index >= 15 is 0 Å². The molecule has 230 valence electrons. The molecule has 2 heterocycles. The van der Waals surface area contributed by atoms with Gasteiger partial charge in [0.15, 0.2) is 0 Å². The number of hydrogen-bond acceptors (Lipinski definition) is 5. The molecule has 0 aromatic carbocycles.